The van der Waals surface area contributed by atoms with Gasteiger partial charge in [-0.2, -0.15) is 0 Å². The van der Waals surface area contributed by atoms with Gasteiger partial charge in [-0.25, -0.2) is 15.0 Å². The van der Waals surface area contributed by atoms with Crippen molar-refractivity contribution >= 4 is 28.0 Å². The minimum absolute atomic E-state index is 0.229. The molecular weight excluding hydrogens is 354 g/mol. The van der Waals surface area contributed by atoms with Gasteiger partial charge in [0, 0.05) is 36.6 Å². The number of hydrogen-bond donors (Lipinski definition) is 1. The van der Waals surface area contributed by atoms with Gasteiger partial charge >= 0.3 is 0 Å². The van der Waals surface area contributed by atoms with Crippen molar-refractivity contribution in [2.75, 3.05) is 5.32 Å². The number of nitrogens with one attached hydrogen (secondary N) is 1. The summed E-state index contributed by atoms with van der Waals surface area (Å²) in [6.45, 7) is 7.40. The molecule has 0 spiro atoms. The number of ether oxygens (including phenoxy) is 1. The minimum Gasteiger partial charge on any atom is -0.432 e. The highest BCUT2D eigenvalue weighted by Gasteiger charge is 2.31. The highest BCUT2D eigenvalue weighted by molar-refractivity contribution is 6.06. The number of rotatable bonds is 3. The summed E-state index contributed by atoms with van der Waals surface area (Å²) in [5, 5.41) is 4.32. The fourth-order valence-corrected chi connectivity index (χ4v) is 3.78. The number of hydrogen-bond acceptors (Lipinski definition) is 7. The van der Waals surface area contributed by atoms with E-state index >= 15 is 0 Å². The molecule has 142 valence electrons. The number of furan rings is 1. The summed E-state index contributed by atoms with van der Waals surface area (Å²) >= 11 is 0. The summed E-state index contributed by atoms with van der Waals surface area (Å²) in [6.07, 6.45) is 5.91. The van der Waals surface area contributed by atoms with Gasteiger partial charge in [-0.05, 0) is 44.0 Å². The monoisotopic (exact) mass is 375 g/mol. The molecule has 1 aliphatic rings. The first-order valence-electron chi connectivity index (χ1n) is 9.34. The fourth-order valence-electron chi connectivity index (χ4n) is 3.78. The predicted octanol–water partition coefficient (Wildman–Crippen LogP) is 3.94. The lowest BCUT2D eigenvalue weighted by Gasteiger charge is -2.32. The molecule has 0 aliphatic carbocycles. The van der Waals surface area contributed by atoms with Crippen LogP contribution in [0.1, 0.15) is 36.2 Å². The molecule has 0 atom stereocenters. The third kappa shape index (κ3) is 2.79. The molecule has 0 amide bonds. The van der Waals surface area contributed by atoms with Crippen molar-refractivity contribution in [3.05, 3.63) is 53.2 Å². The Morgan fingerprint density at radius 2 is 1.96 bits per heavy atom. The first-order valence-corrected chi connectivity index (χ1v) is 9.34. The number of aryl methyl sites for hydroxylation is 1. The average Bonchev–Trinajstić information content (AvgIpc) is 3.05. The zero-order valence-electron chi connectivity index (χ0n) is 16.1. The molecule has 7 nitrogen and oxygen atoms in total. The van der Waals surface area contributed by atoms with E-state index in [1.165, 1.54) is 5.56 Å². The highest BCUT2D eigenvalue weighted by atomic mass is 16.5. The molecule has 0 fully saturated rings. The van der Waals surface area contributed by atoms with Gasteiger partial charge < -0.3 is 14.5 Å². The maximum absolute atomic E-state index is 6.14. The second kappa shape index (κ2) is 6.24. The quantitative estimate of drug-likeness (QED) is 0.580. The summed E-state index contributed by atoms with van der Waals surface area (Å²) in [5.74, 6) is 0.664. The van der Waals surface area contributed by atoms with Crippen molar-refractivity contribution in [3.63, 3.8) is 0 Å². The molecule has 4 aromatic rings. The van der Waals surface area contributed by atoms with E-state index in [9.17, 15) is 0 Å². The summed E-state index contributed by atoms with van der Waals surface area (Å²) in [5.41, 5.74) is 6.22. The zero-order chi connectivity index (χ0) is 19.3. The van der Waals surface area contributed by atoms with Crippen LogP contribution in [-0.4, -0.2) is 25.5 Å². The van der Waals surface area contributed by atoms with Crippen LogP contribution >= 0.6 is 0 Å². The van der Waals surface area contributed by atoms with Crippen LogP contribution in [0.5, 0.6) is 0 Å². The van der Waals surface area contributed by atoms with Crippen molar-refractivity contribution in [1.82, 2.24) is 19.9 Å². The lowest BCUT2D eigenvalue weighted by Crippen LogP contribution is -2.32. The average molecular weight is 375 g/mol. The molecule has 28 heavy (non-hydrogen) atoms. The smallest absolute Gasteiger partial charge is 0.229 e. The maximum atomic E-state index is 6.14. The van der Waals surface area contributed by atoms with Gasteiger partial charge in [0.25, 0.3) is 0 Å². The van der Waals surface area contributed by atoms with Crippen LogP contribution in [0.2, 0.25) is 0 Å². The molecule has 1 aliphatic heterocycles. The maximum Gasteiger partial charge on any atom is 0.229 e. The van der Waals surface area contributed by atoms with Crippen LogP contribution in [0.4, 0.5) is 5.82 Å². The van der Waals surface area contributed by atoms with Crippen molar-refractivity contribution < 1.29 is 9.15 Å². The van der Waals surface area contributed by atoms with Crippen LogP contribution in [0.15, 0.2) is 35.3 Å². The van der Waals surface area contributed by atoms with E-state index in [1.54, 1.807) is 18.7 Å². The summed E-state index contributed by atoms with van der Waals surface area (Å²) < 4.78 is 12.1. The molecule has 0 saturated heterocycles. The first kappa shape index (κ1) is 17.1. The largest absolute Gasteiger partial charge is 0.432 e. The minimum atomic E-state index is -0.229. The Hall–Kier alpha value is -3.06. The zero-order valence-corrected chi connectivity index (χ0v) is 16.1. The Morgan fingerprint density at radius 1 is 1.14 bits per heavy atom. The molecule has 0 bridgehead atoms. The van der Waals surface area contributed by atoms with E-state index in [0.717, 1.165) is 34.1 Å². The second-order valence-electron chi connectivity index (χ2n) is 7.77. The van der Waals surface area contributed by atoms with Crippen molar-refractivity contribution in [1.29, 1.82) is 0 Å². The van der Waals surface area contributed by atoms with Crippen LogP contribution in [-0.2, 0) is 24.3 Å². The molecule has 0 radical (unpaired) electrons. The molecular formula is C21H21N5O2. The number of aromatic nitrogens is 4. The van der Waals surface area contributed by atoms with Gasteiger partial charge in [-0.15, -0.1) is 0 Å². The van der Waals surface area contributed by atoms with Crippen LogP contribution in [0.3, 0.4) is 0 Å². The second-order valence-corrected chi connectivity index (χ2v) is 7.77. The topological polar surface area (TPSA) is 86.0 Å². The third-order valence-electron chi connectivity index (χ3n) is 5.24. The lowest BCUT2D eigenvalue weighted by atomic mass is 9.89. The van der Waals surface area contributed by atoms with E-state index in [-0.39, 0.29) is 5.60 Å². The molecule has 0 aromatic carbocycles. The van der Waals surface area contributed by atoms with E-state index in [0.29, 0.717) is 30.3 Å². The molecule has 1 N–H and O–H groups in total. The van der Waals surface area contributed by atoms with Gasteiger partial charge in [-0.1, -0.05) is 0 Å². The third-order valence-corrected chi connectivity index (χ3v) is 5.24. The van der Waals surface area contributed by atoms with E-state index in [4.69, 9.17) is 9.15 Å². The fraction of sp³-hybridized carbons (Fsp3) is 0.333. The van der Waals surface area contributed by atoms with Crippen LogP contribution in [0, 0.1) is 6.92 Å². The molecule has 5 rings (SSSR count). The summed E-state index contributed by atoms with van der Waals surface area (Å²) in [7, 11) is 0. The number of anilines is 1. The van der Waals surface area contributed by atoms with Crippen molar-refractivity contribution in [2.45, 2.75) is 45.9 Å². The first-order chi connectivity index (χ1) is 13.5. The Bertz CT molecular complexity index is 1180. The number of nitrogens with zero attached hydrogens (tertiary/aromatic N) is 4. The molecule has 5 heterocycles. The normalized spacial score (nSPS) is 15.7. The summed E-state index contributed by atoms with van der Waals surface area (Å²) in [4.78, 5) is 17.7. The van der Waals surface area contributed by atoms with E-state index in [2.05, 4.69) is 39.1 Å². The molecule has 4 aromatic heterocycles. The summed E-state index contributed by atoms with van der Waals surface area (Å²) in [6, 6.07) is 3.93. The molecule has 7 heteroatoms. The Labute approximate surface area is 162 Å². The Morgan fingerprint density at radius 3 is 2.79 bits per heavy atom. The Balaban J connectivity index is 1.65. The van der Waals surface area contributed by atoms with Crippen LogP contribution in [0.25, 0.3) is 22.2 Å². The van der Waals surface area contributed by atoms with Gasteiger partial charge in [-0.3, -0.25) is 4.98 Å². The number of pyridine rings is 2. The van der Waals surface area contributed by atoms with Gasteiger partial charge in [0.1, 0.15) is 11.8 Å². The van der Waals surface area contributed by atoms with Gasteiger partial charge in [0.2, 0.25) is 5.71 Å². The van der Waals surface area contributed by atoms with Crippen molar-refractivity contribution in [3.8, 4) is 0 Å². The molecule has 0 saturated carbocycles. The predicted molar refractivity (Wildman–Crippen MR) is 106 cm³/mol. The van der Waals surface area contributed by atoms with E-state index in [1.807, 2.05) is 19.1 Å². The van der Waals surface area contributed by atoms with Gasteiger partial charge in [0.05, 0.1) is 17.6 Å². The Kier molecular flexibility index (Phi) is 3.80. The van der Waals surface area contributed by atoms with Crippen LogP contribution < -0.4 is 5.32 Å². The van der Waals surface area contributed by atoms with Crippen molar-refractivity contribution in [2.24, 2.45) is 0 Å². The SMILES string of the molecule is Cc1nc2oc3c(NCc4ccncc4)ncnc3c2c2c1COC(C)(C)C2. The standard InChI is InChI=1S/C21H21N5O2/c1-12-15-10-27-21(2,3)8-14(15)16-17-18(28-20(16)26-12)19(25-11-24-17)23-9-13-4-6-22-7-5-13/h4-7,11H,8-10H2,1-3H3,(H,23,24,25). The van der Waals surface area contributed by atoms with Gasteiger partial charge in [0.15, 0.2) is 11.4 Å². The van der Waals surface area contributed by atoms with E-state index < -0.39 is 0 Å². The molecule has 0 unspecified atom stereocenters. The number of fused-ring (bicyclic) bond motifs is 5. The highest BCUT2D eigenvalue weighted by Crippen LogP contribution is 2.39. The lowest BCUT2D eigenvalue weighted by molar-refractivity contribution is -0.0400.